The van der Waals surface area contributed by atoms with Crippen LogP contribution in [0.5, 0.6) is 0 Å². The van der Waals surface area contributed by atoms with Gasteiger partial charge in [0.1, 0.15) is 0 Å². The number of carbonyl (C=O) groups excluding carboxylic acids is 2. The van der Waals surface area contributed by atoms with Gasteiger partial charge in [0.15, 0.2) is 0 Å². The van der Waals surface area contributed by atoms with E-state index in [-0.39, 0.29) is 29.3 Å². The normalized spacial score (nSPS) is 18.6. The molecule has 0 aliphatic carbocycles. The smallest absolute Gasteiger partial charge is 0.270 e. The second-order valence-electron chi connectivity index (χ2n) is 5.20. The summed E-state index contributed by atoms with van der Waals surface area (Å²) < 4.78 is 5.25. The van der Waals surface area contributed by atoms with Crippen LogP contribution in [-0.4, -0.2) is 65.9 Å². The maximum Gasteiger partial charge on any atom is 0.270 e. The zero-order valence-electron chi connectivity index (χ0n) is 11.9. The lowest BCUT2D eigenvalue weighted by Gasteiger charge is -2.27. The number of hydrogen-bond acceptors (Lipinski definition) is 6. The molecule has 0 unspecified atom stereocenters. The van der Waals surface area contributed by atoms with E-state index in [0.717, 1.165) is 18.0 Å². The van der Waals surface area contributed by atoms with Crippen molar-refractivity contribution >= 4 is 17.5 Å². The Labute approximate surface area is 126 Å². The van der Waals surface area contributed by atoms with E-state index in [9.17, 15) is 19.7 Å². The van der Waals surface area contributed by atoms with Crippen LogP contribution < -0.4 is 0 Å². The molecule has 2 aliphatic heterocycles. The Kier molecular flexibility index (Phi) is 3.86. The average molecular weight is 305 g/mol. The van der Waals surface area contributed by atoms with Gasteiger partial charge in [0, 0.05) is 38.3 Å². The summed E-state index contributed by atoms with van der Waals surface area (Å²) >= 11 is 0. The highest BCUT2D eigenvalue weighted by Crippen LogP contribution is 2.26. The molecule has 1 aromatic rings. The number of morpholine rings is 1. The summed E-state index contributed by atoms with van der Waals surface area (Å²) in [5.41, 5.74) is 0.161. The SMILES string of the molecule is O=C1c2ccc([N+](=O)[O-])cc2C(=O)N1CCN1CCOCC1. The van der Waals surface area contributed by atoms with E-state index in [0.29, 0.717) is 19.8 Å². The molecule has 1 saturated heterocycles. The minimum absolute atomic E-state index is 0.112. The molecule has 8 nitrogen and oxygen atoms in total. The molecular weight excluding hydrogens is 290 g/mol. The van der Waals surface area contributed by atoms with E-state index in [2.05, 4.69) is 4.90 Å². The summed E-state index contributed by atoms with van der Waals surface area (Å²) in [4.78, 5) is 38.0. The van der Waals surface area contributed by atoms with Crippen molar-refractivity contribution in [3.05, 3.63) is 39.4 Å². The molecule has 2 amide bonds. The summed E-state index contributed by atoms with van der Waals surface area (Å²) in [6.45, 7) is 3.70. The van der Waals surface area contributed by atoms with E-state index < -0.39 is 10.8 Å². The predicted octanol–water partition coefficient (Wildman–Crippen LogP) is 0.523. The standard InChI is InChI=1S/C14H15N3O5/c18-13-11-2-1-10(17(20)21)9-12(11)14(19)16(13)4-3-15-5-7-22-8-6-15/h1-2,9H,3-8H2. The Balaban J connectivity index is 1.73. The number of nitrogens with zero attached hydrogens (tertiary/aromatic N) is 3. The van der Waals surface area contributed by atoms with E-state index in [1.54, 1.807) is 0 Å². The minimum Gasteiger partial charge on any atom is -0.379 e. The zero-order chi connectivity index (χ0) is 15.7. The number of ether oxygens (including phenoxy) is 1. The third kappa shape index (κ3) is 2.58. The van der Waals surface area contributed by atoms with Gasteiger partial charge in [0.05, 0.1) is 29.3 Å². The van der Waals surface area contributed by atoms with Crippen LogP contribution in [0, 0.1) is 10.1 Å². The summed E-state index contributed by atoms with van der Waals surface area (Å²) in [6, 6.07) is 3.77. The first kappa shape index (κ1) is 14.6. The molecule has 0 radical (unpaired) electrons. The number of rotatable bonds is 4. The first-order valence-corrected chi connectivity index (χ1v) is 7.02. The second kappa shape index (κ2) is 5.82. The van der Waals surface area contributed by atoms with Crippen molar-refractivity contribution in [2.45, 2.75) is 0 Å². The summed E-state index contributed by atoms with van der Waals surface area (Å²) in [7, 11) is 0. The first-order valence-electron chi connectivity index (χ1n) is 7.02. The Morgan fingerprint density at radius 3 is 2.45 bits per heavy atom. The van der Waals surface area contributed by atoms with Crippen molar-refractivity contribution in [3.63, 3.8) is 0 Å². The molecule has 116 valence electrons. The van der Waals surface area contributed by atoms with Crippen LogP contribution in [0.15, 0.2) is 18.2 Å². The average Bonchev–Trinajstić information content (AvgIpc) is 2.77. The van der Waals surface area contributed by atoms with Gasteiger partial charge < -0.3 is 4.74 Å². The maximum absolute atomic E-state index is 12.3. The van der Waals surface area contributed by atoms with Crippen LogP contribution in [0.4, 0.5) is 5.69 Å². The fourth-order valence-electron chi connectivity index (χ4n) is 2.66. The number of imide groups is 1. The van der Waals surface area contributed by atoms with Crippen molar-refractivity contribution in [3.8, 4) is 0 Å². The molecule has 0 aromatic heterocycles. The number of fused-ring (bicyclic) bond motifs is 1. The molecule has 0 bridgehead atoms. The van der Waals surface area contributed by atoms with E-state index in [4.69, 9.17) is 4.74 Å². The van der Waals surface area contributed by atoms with Crippen molar-refractivity contribution in [2.24, 2.45) is 0 Å². The van der Waals surface area contributed by atoms with Gasteiger partial charge in [-0.25, -0.2) is 0 Å². The number of benzene rings is 1. The number of nitro groups is 1. The monoisotopic (exact) mass is 305 g/mol. The predicted molar refractivity (Wildman–Crippen MR) is 75.7 cm³/mol. The van der Waals surface area contributed by atoms with Crippen LogP contribution in [0.1, 0.15) is 20.7 Å². The molecule has 3 rings (SSSR count). The van der Waals surface area contributed by atoms with Gasteiger partial charge in [-0.05, 0) is 6.07 Å². The molecule has 8 heteroatoms. The molecule has 2 aliphatic rings. The van der Waals surface area contributed by atoms with Crippen molar-refractivity contribution in [2.75, 3.05) is 39.4 Å². The second-order valence-corrected chi connectivity index (χ2v) is 5.20. The molecule has 1 aromatic carbocycles. The van der Waals surface area contributed by atoms with Crippen LogP contribution in [0.2, 0.25) is 0 Å². The molecule has 1 fully saturated rings. The fourth-order valence-corrected chi connectivity index (χ4v) is 2.66. The van der Waals surface area contributed by atoms with Gasteiger partial charge in [-0.3, -0.25) is 29.5 Å². The lowest BCUT2D eigenvalue weighted by atomic mass is 10.1. The van der Waals surface area contributed by atoms with Crippen LogP contribution >= 0.6 is 0 Å². The topological polar surface area (TPSA) is 93.0 Å². The Morgan fingerprint density at radius 1 is 1.09 bits per heavy atom. The fraction of sp³-hybridized carbons (Fsp3) is 0.429. The van der Waals surface area contributed by atoms with Crippen LogP contribution in [0.25, 0.3) is 0 Å². The Morgan fingerprint density at radius 2 is 1.77 bits per heavy atom. The maximum atomic E-state index is 12.3. The zero-order valence-corrected chi connectivity index (χ0v) is 11.9. The Bertz CT molecular complexity index is 639. The van der Waals surface area contributed by atoms with Gasteiger partial charge in [-0.15, -0.1) is 0 Å². The molecule has 0 N–H and O–H groups in total. The lowest BCUT2D eigenvalue weighted by molar-refractivity contribution is -0.384. The molecule has 2 heterocycles. The van der Waals surface area contributed by atoms with Gasteiger partial charge in [0.25, 0.3) is 17.5 Å². The highest BCUT2D eigenvalue weighted by Gasteiger charge is 2.36. The highest BCUT2D eigenvalue weighted by molar-refractivity contribution is 6.21. The van der Waals surface area contributed by atoms with E-state index in [1.165, 1.54) is 18.2 Å². The first-order chi connectivity index (χ1) is 10.6. The highest BCUT2D eigenvalue weighted by atomic mass is 16.6. The Hall–Kier alpha value is -2.32. The largest absolute Gasteiger partial charge is 0.379 e. The molecule has 0 spiro atoms. The number of carbonyl (C=O) groups is 2. The quantitative estimate of drug-likeness (QED) is 0.457. The lowest BCUT2D eigenvalue weighted by Crippen LogP contribution is -2.42. The molecular formula is C14H15N3O5. The number of nitro benzene ring substituents is 1. The molecule has 0 atom stereocenters. The number of hydrogen-bond donors (Lipinski definition) is 0. The van der Waals surface area contributed by atoms with Crippen molar-refractivity contribution in [1.82, 2.24) is 9.80 Å². The van der Waals surface area contributed by atoms with Crippen LogP contribution in [-0.2, 0) is 4.74 Å². The van der Waals surface area contributed by atoms with Gasteiger partial charge in [-0.1, -0.05) is 0 Å². The van der Waals surface area contributed by atoms with E-state index >= 15 is 0 Å². The number of non-ortho nitro benzene ring substituents is 1. The van der Waals surface area contributed by atoms with Gasteiger partial charge >= 0.3 is 0 Å². The minimum atomic E-state index is -0.575. The van der Waals surface area contributed by atoms with Crippen LogP contribution in [0.3, 0.4) is 0 Å². The van der Waals surface area contributed by atoms with E-state index in [1.807, 2.05) is 0 Å². The third-order valence-corrected chi connectivity index (χ3v) is 3.91. The van der Waals surface area contributed by atoms with Gasteiger partial charge in [-0.2, -0.15) is 0 Å². The third-order valence-electron chi connectivity index (χ3n) is 3.91. The number of amides is 2. The van der Waals surface area contributed by atoms with Gasteiger partial charge in [0.2, 0.25) is 0 Å². The molecule has 0 saturated carbocycles. The van der Waals surface area contributed by atoms with Crippen molar-refractivity contribution in [1.29, 1.82) is 0 Å². The van der Waals surface area contributed by atoms with Crippen molar-refractivity contribution < 1.29 is 19.2 Å². The molecule has 22 heavy (non-hydrogen) atoms. The summed E-state index contributed by atoms with van der Waals surface area (Å²) in [6.07, 6.45) is 0. The summed E-state index contributed by atoms with van der Waals surface area (Å²) in [5.74, 6) is -0.847. The summed E-state index contributed by atoms with van der Waals surface area (Å²) in [5, 5.41) is 10.8.